The first-order valence-corrected chi connectivity index (χ1v) is 8.47. The van der Waals surface area contributed by atoms with Crippen molar-refractivity contribution in [2.45, 2.75) is 64.3 Å². The van der Waals surface area contributed by atoms with Crippen LogP contribution in [-0.2, 0) is 16.1 Å². The molecule has 0 aliphatic carbocycles. The molecular formula is C18H22F8O2. The summed E-state index contributed by atoms with van der Waals surface area (Å²) in [5, 5.41) is 0. The number of benzene rings is 1. The second-order valence-corrected chi connectivity index (χ2v) is 6.76. The molecule has 0 aliphatic rings. The molecule has 0 spiro atoms. The Morgan fingerprint density at radius 1 is 0.857 bits per heavy atom. The molecule has 0 bridgehead atoms. The van der Waals surface area contributed by atoms with E-state index in [1.165, 1.54) is 0 Å². The Kier molecular flexibility index (Phi) is 7.86. The van der Waals surface area contributed by atoms with Gasteiger partial charge in [0.2, 0.25) is 0 Å². The Morgan fingerprint density at radius 2 is 1.39 bits per heavy atom. The molecule has 0 saturated heterocycles. The molecule has 1 rings (SSSR count). The van der Waals surface area contributed by atoms with E-state index in [4.69, 9.17) is 4.74 Å². The number of alkyl halides is 8. The number of halogens is 8. The molecule has 0 radical (unpaired) electrons. The van der Waals surface area contributed by atoms with Crippen LogP contribution in [0.5, 0.6) is 0 Å². The van der Waals surface area contributed by atoms with Crippen LogP contribution in [0.1, 0.15) is 37.8 Å². The lowest BCUT2D eigenvalue weighted by Crippen LogP contribution is -2.55. The fraction of sp³-hybridized carbons (Fsp3) is 0.667. The van der Waals surface area contributed by atoms with E-state index in [9.17, 15) is 35.1 Å². The van der Waals surface area contributed by atoms with Crippen LogP contribution in [0.25, 0.3) is 0 Å². The van der Waals surface area contributed by atoms with Crippen molar-refractivity contribution in [1.82, 2.24) is 0 Å². The fourth-order valence-electron chi connectivity index (χ4n) is 2.06. The Morgan fingerprint density at radius 3 is 1.89 bits per heavy atom. The molecule has 162 valence electrons. The third-order valence-corrected chi connectivity index (χ3v) is 3.96. The van der Waals surface area contributed by atoms with Crippen LogP contribution in [-0.4, -0.2) is 30.7 Å². The zero-order chi connectivity index (χ0) is 21.8. The Hall–Kier alpha value is -1.42. The summed E-state index contributed by atoms with van der Waals surface area (Å²) in [4.78, 5) is 0. The van der Waals surface area contributed by atoms with Crippen LogP contribution >= 0.6 is 0 Å². The van der Waals surface area contributed by atoms with Crippen molar-refractivity contribution >= 4 is 0 Å². The van der Waals surface area contributed by atoms with Gasteiger partial charge in [-0.25, -0.2) is 4.74 Å². The smallest absolute Gasteiger partial charge is 0.377 e. The highest BCUT2D eigenvalue weighted by molar-refractivity contribution is 5.20. The zero-order valence-corrected chi connectivity index (χ0v) is 15.6. The van der Waals surface area contributed by atoms with E-state index in [2.05, 4.69) is 4.74 Å². The molecule has 2 nitrogen and oxygen atoms in total. The maximum absolute atomic E-state index is 13.6. The van der Waals surface area contributed by atoms with Crippen molar-refractivity contribution in [3.8, 4) is 0 Å². The predicted molar refractivity (Wildman–Crippen MR) is 85.8 cm³/mol. The summed E-state index contributed by atoms with van der Waals surface area (Å²) < 4.78 is 115. The molecule has 10 heteroatoms. The van der Waals surface area contributed by atoms with Crippen molar-refractivity contribution < 1.29 is 44.6 Å². The highest BCUT2D eigenvalue weighted by Gasteiger charge is 2.69. The summed E-state index contributed by atoms with van der Waals surface area (Å²) >= 11 is 0. The molecule has 0 amide bonds. The first-order chi connectivity index (χ1) is 12.6. The molecule has 1 aromatic rings. The molecule has 0 saturated carbocycles. The number of ether oxygens (including phenoxy) is 2. The molecule has 0 fully saturated rings. The van der Waals surface area contributed by atoms with Gasteiger partial charge < -0.3 is 4.74 Å². The number of hydrogen-bond donors (Lipinski definition) is 0. The summed E-state index contributed by atoms with van der Waals surface area (Å²) in [6.45, 7) is 2.78. The van der Waals surface area contributed by atoms with Crippen molar-refractivity contribution in [3.05, 3.63) is 35.4 Å². The number of rotatable bonds is 11. The van der Waals surface area contributed by atoms with Crippen molar-refractivity contribution in [1.29, 1.82) is 0 Å². The molecule has 0 atom stereocenters. The minimum Gasteiger partial charge on any atom is -0.377 e. The van der Waals surface area contributed by atoms with Gasteiger partial charge in [0.05, 0.1) is 6.61 Å². The molecule has 0 aromatic heterocycles. The van der Waals surface area contributed by atoms with Gasteiger partial charge in [0.25, 0.3) is 0 Å². The lowest BCUT2D eigenvalue weighted by Gasteiger charge is -2.34. The van der Waals surface area contributed by atoms with Crippen LogP contribution in [0, 0.1) is 12.8 Å². The first-order valence-electron chi connectivity index (χ1n) is 8.47. The van der Waals surface area contributed by atoms with E-state index in [1.54, 1.807) is 24.3 Å². The van der Waals surface area contributed by atoms with Gasteiger partial charge in [0, 0.05) is 18.9 Å². The summed E-state index contributed by atoms with van der Waals surface area (Å²) in [5.41, 5.74) is 1.71. The van der Waals surface area contributed by atoms with Crippen LogP contribution in [0.15, 0.2) is 24.3 Å². The van der Waals surface area contributed by atoms with E-state index in [0.29, 0.717) is 13.8 Å². The normalized spacial score (nSPS) is 14.0. The van der Waals surface area contributed by atoms with E-state index >= 15 is 0 Å². The van der Waals surface area contributed by atoms with Crippen LogP contribution < -0.4 is 0 Å². The van der Waals surface area contributed by atoms with Gasteiger partial charge in [-0.3, -0.25) is 0 Å². The zero-order valence-electron chi connectivity index (χ0n) is 15.6. The van der Waals surface area contributed by atoms with Gasteiger partial charge >= 0.3 is 24.1 Å². The lowest BCUT2D eigenvalue weighted by atomic mass is 10.1. The van der Waals surface area contributed by atoms with Gasteiger partial charge in [-0.1, -0.05) is 43.7 Å². The minimum atomic E-state index is -5.79. The average Bonchev–Trinajstić information content (AvgIpc) is 2.54. The van der Waals surface area contributed by atoms with Crippen molar-refractivity contribution in [2.75, 3.05) is 6.61 Å². The van der Waals surface area contributed by atoms with Gasteiger partial charge in [-0.2, -0.15) is 35.1 Å². The molecule has 0 unspecified atom stereocenters. The van der Waals surface area contributed by atoms with Gasteiger partial charge in [-0.15, -0.1) is 0 Å². The predicted octanol–water partition coefficient (Wildman–Crippen LogP) is 6.42. The number of aryl methyl sites for hydroxylation is 1. The molecule has 0 N–H and O–H groups in total. The molecule has 28 heavy (non-hydrogen) atoms. The molecule has 0 aliphatic heterocycles. The van der Waals surface area contributed by atoms with Crippen molar-refractivity contribution in [2.24, 2.45) is 5.92 Å². The monoisotopic (exact) mass is 422 g/mol. The van der Waals surface area contributed by atoms with E-state index in [0.717, 1.165) is 11.1 Å². The SMILES string of the molecule is Cc1ccc(COCCCC(F)(F)C(F)(F)OC(F)(F)C(F)(F)C(C)C)cc1. The van der Waals surface area contributed by atoms with E-state index in [1.807, 2.05) is 6.92 Å². The van der Waals surface area contributed by atoms with Gasteiger partial charge in [0.15, 0.2) is 0 Å². The Bertz CT molecular complexity index is 615. The third kappa shape index (κ3) is 6.04. The topological polar surface area (TPSA) is 18.5 Å². The Labute approximate surface area is 157 Å². The second kappa shape index (κ2) is 8.94. The Balaban J connectivity index is 2.58. The average molecular weight is 422 g/mol. The van der Waals surface area contributed by atoms with Crippen LogP contribution in [0.3, 0.4) is 0 Å². The van der Waals surface area contributed by atoms with Gasteiger partial charge in [0.1, 0.15) is 0 Å². The fourth-order valence-corrected chi connectivity index (χ4v) is 2.06. The molecule has 1 aromatic carbocycles. The second-order valence-electron chi connectivity index (χ2n) is 6.76. The largest absolute Gasteiger partial charge is 0.424 e. The summed E-state index contributed by atoms with van der Waals surface area (Å²) in [6.07, 6.45) is -13.8. The third-order valence-electron chi connectivity index (χ3n) is 3.96. The lowest BCUT2D eigenvalue weighted by molar-refractivity contribution is -0.472. The van der Waals surface area contributed by atoms with Gasteiger partial charge in [-0.05, 0) is 18.9 Å². The summed E-state index contributed by atoms with van der Waals surface area (Å²) in [7, 11) is 0. The summed E-state index contributed by atoms with van der Waals surface area (Å²) in [6, 6.07) is 7.03. The van der Waals surface area contributed by atoms with Crippen LogP contribution in [0.4, 0.5) is 35.1 Å². The standard InChI is InChI=1S/C18H22F8O2/c1-12(2)16(21,22)18(25,26)28-17(23,24)15(19,20)9-4-10-27-11-14-7-5-13(3)6-8-14/h5-8,12H,4,9-11H2,1-3H3. The highest BCUT2D eigenvalue weighted by atomic mass is 19.3. The highest BCUT2D eigenvalue weighted by Crippen LogP contribution is 2.48. The van der Waals surface area contributed by atoms with E-state index in [-0.39, 0.29) is 13.2 Å². The molecule has 0 heterocycles. The van der Waals surface area contributed by atoms with E-state index < -0.39 is 42.8 Å². The summed E-state index contributed by atoms with van der Waals surface area (Å²) in [5.74, 6) is -12.2. The maximum atomic E-state index is 13.6. The van der Waals surface area contributed by atoms with Crippen molar-refractivity contribution in [3.63, 3.8) is 0 Å². The van der Waals surface area contributed by atoms with Crippen LogP contribution in [0.2, 0.25) is 0 Å². The number of hydrogen-bond acceptors (Lipinski definition) is 2. The maximum Gasteiger partial charge on any atom is 0.424 e. The first kappa shape index (κ1) is 24.6. The quantitative estimate of drug-likeness (QED) is 0.303. The molecular weight excluding hydrogens is 400 g/mol. The minimum absolute atomic E-state index is 0.0391.